The van der Waals surface area contributed by atoms with Gasteiger partial charge in [0.15, 0.2) is 0 Å². The standard InChI is InChI=1S/C11H11ClN2O2S/c1-2-16-10(15)6-3-7-8(12)4-5-9-11(7)14-17-13-9/h4-5H,2-3,6H2,1H3. The number of hydrogen-bond acceptors (Lipinski definition) is 5. The highest BCUT2D eigenvalue weighted by Gasteiger charge is 2.12. The molecule has 0 unspecified atom stereocenters. The molecule has 4 nitrogen and oxygen atoms in total. The molecule has 0 spiro atoms. The van der Waals surface area contributed by atoms with Gasteiger partial charge in [-0.1, -0.05) is 11.6 Å². The predicted molar refractivity (Wildman–Crippen MR) is 67.4 cm³/mol. The van der Waals surface area contributed by atoms with Gasteiger partial charge in [-0.3, -0.25) is 4.79 Å². The minimum atomic E-state index is -0.219. The van der Waals surface area contributed by atoms with E-state index in [0.29, 0.717) is 24.5 Å². The summed E-state index contributed by atoms with van der Waals surface area (Å²) >= 11 is 7.25. The first-order valence-electron chi connectivity index (χ1n) is 5.27. The molecular formula is C11H11ClN2O2S. The van der Waals surface area contributed by atoms with Crippen LogP contribution < -0.4 is 0 Å². The van der Waals surface area contributed by atoms with Crippen molar-refractivity contribution in [3.63, 3.8) is 0 Å². The van der Waals surface area contributed by atoms with Gasteiger partial charge in [-0.2, -0.15) is 8.75 Å². The van der Waals surface area contributed by atoms with Gasteiger partial charge in [-0.25, -0.2) is 0 Å². The first kappa shape index (κ1) is 12.3. The Morgan fingerprint density at radius 1 is 1.47 bits per heavy atom. The van der Waals surface area contributed by atoms with Crippen LogP contribution in [0.15, 0.2) is 12.1 Å². The molecule has 0 atom stereocenters. The fourth-order valence-corrected chi connectivity index (χ4v) is 2.39. The summed E-state index contributed by atoms with van der Waals surface area (Å²) in [5.41, 5.74) is 2.47. The second-order valence-electron chi connectivity index (χ2n) is 3.46. The molecule has 90 valence electrons. The number of aryl methyl sites for hydroxylation is 1. The average molecular weight is 271 g/mol. The number of rotatable bonds is 4. The third-order valence-electron chi connectivity index (χ3n) is 2.36. The molecule has 0 saturated carbocycles. The van der Waals surface area contributed by atoms with Crippen LogP contribution in [0.2, 0.25) is 5.02 Å². The molecule has 2 aromatic rings. The van der Waals surface area contributed by atoms with Crippen molar-refractivity contribution in [2.24, 2.45) is 0 Å². The Morgan fingerprint density at radius 3 is 3.06 bits per heavy atom. The van der Waals surface area contributed by atoms with Crippen molar-refractivity contribution in [1.82, 2.24) is 8.75 Å². The zero-order valence-corrected chi connectivity index (χ0v) is 10.8. The number of halogens is 1. The second-order valence-corrected chi connectivity index (χ2v) is 4.40. The normalized spacial score (nSPS) is 10.7. The van der Waals surface area contributed by atoms with Crippen LogP contribution in [0.1, 0.15) is 18.9 Å². The van der Waals surface area contributed by atoms with Gasteiger partial charge in [0.05, 0.1) is 18.3 Å². The molecule has 2 rings (SSSR count). The van der Waals surface area contributed by atoms with Crippen molar-refractivity contribution in [3.8, 4) is 0 Å². The molecule has 0 saturated heterocycles. The molecule has 0 aliphatic rings. The van der Waals surface area contributed by atoms with E-state index in [1.54, 1.807) is 13.0 Å². The number of fused-ring (bicyclic) bond motifs is 1. The van der Waals surface area contributed by atoms with Crippen molar-refractivity contribution in [2.75, 3.05) is 6.61 Å². The van der Waals surface area contributed by atoms with Gasteiger partial charge < -0.3 is 4.74 Å². The van der Waals surface area contributed by atoms with Gasteiger partial charge in [-0.05, 0) is 25.5 Å². The van der Waals surface area contributed by atoms with E-state index in [4.69, 9.17) is 16.3 Å². The van der Waals surface area contributed by atoms with Crippen LogP contribution in [0.25, 0.3) is 11.0 Å². The molecular weight excluding hydrogens is 260 g/mol. The van der Waals surface area contributed by atoms with Gasteiger partial charge >= 0.3 is 5.97 Å². The summed E-state index contributed by atoms with van der Waals surface area (Å²) in [7, 11) is 0. The van der Waals surface area contributed by atoms with Gasteiger partial charge in [-0.15, -0.1) is 0 Å². The maximum Gasteiger partial charge on any atom is 0.306 e. The number of nitrogens with zero attached hydrogens (tertiary/aromatic N) is 2. The van der Waals surface area contributed by atoms with Crippen LogP contribution in [0.3, 0.4) is 0 Å². The molecule has 0 amide bonds. The van der Waals surface area contributed by atoms with E-state index in [9.17, 15) is 4.79 Å². The molecule has 0 aliphatic carbocycles. The van der Waals surface area contributed by atoms with E-state index in [-0.39, 0.29) is 5.97 Å². The summed E-state index contributed by atoms with van der Waals surface area (Å²) in [6.07, 6.45) is 0.838. The van der Waals surface area contributed by atoms with E-state index in [1.165, 1.54) is 0 Å². The number of benzene rings is 1. The first-order chi connectivity index (χ1) is 8.22. The number of ether oxygens (including phenoxy) is 1. The van der Waals surface area contributed by atoms with Crippen LogP contribution >= 0.6 is 23.3 Å². The van der Waals surface area contributed by atoms with Crippen molar-refractivity contribution < 1.29 is 9.53 Å². The summed E-state index contributed by atoms with van der Waals surface area (Å²) in [6, 6.07) is 3.61. The van der Waals surface area contributed by atoms with Crippen LogP contribution in [0.5, 0.6) is 0 Å². The van der Waals surface area contributed by atoms with E-state index < -0.39 is 0 Å². The number of hydrogen-bond donors (Lipinski definition) is 0. The monoisotopic (exact) mass is 270 g/mol. The minimum Gasteiger partial charge on any atom is -0.466 e. The Kier molecular flexibility index (Phi) is 3.91. The lowest BCUT2D eigenvalue weighted by Gasteiger charge is -2.04. The van der Waals surface area contributed by atoms with Crippen molar-refractivity contribution >= 4 is 40.3 Å². The zero-order chi connectivity index (χ0) is 12.3. The maximum absolute atomic E-state index is 11.3. The predicted octanol–water partition coefficient (Wildman–Crippen LogP) is 2.84. The molecule has 1 aromatic carbocycles. The Morgan fingerprint density at radius 2 is 2.29 bits per heavy atom. The smallest absolute Gasteiger partial charge is 0.306 e. The fourth-order valence-electron chi connectivity index (χ4n) is 1.58. The molecule has 1 aromatic heterocycles. The van der Waals surface area contributed by atoms with E-state index in [0.717, 1.165) is 28.3 Å². The van der Waals surface area contributed by atoms with Gasteiger partial charge in [0.2, 0.25) is 0 Å². The minimum absolute atomic E-state index is 0.219. The topological polar surface area (TPSA) is 52.1 Å². The molecule has 0 fully saturated rings. The van der Waals surface area contributed by atoms with E-state index in [1.807, 2.05) is 6.07 Å². The Bertz CT molecular complexity index is 541. The molecule has 17 heavy (non-hydrogen) atoms. The van der Waals surface area contributed by atoms with Crippen LogP contribution in [0.4, 0.5) is 0 Å². The number of esters is 1. The second kappa shape index (κ2) is 5.42. The van der Waals surface area contributed by atoms with Crippen molar-refractivity contribution in [2.45, 2.75) is 19.8 Å². The van der Waals surface area contributed by atoms with E-state index in [2.05, 4.69) is 8.75 Å². The SMILES string of the molecule is CCOC(=O)CCc1c(Cl)ccc2nsnc12. The highest BCUT2D eigenvalue weighted by Crippen LogP contribution is 2.26. The highest BCUT2D eigenvalue weighted by atomic mass is 35.5. The number of aromatic nitrogens is 2. The van der Waals surface area contributed by atoms with Crippen LogP contribution in [-0.4, -0.2) is 21.3 Å². The first-order valence-corrected chi connectivity index (χ1v) is 6.38. The van der Waals surface area contributed by atoms with Crippen molar-refractivity contribution in [1.29, 1.82) is 0 Å². The van der Waals surface area contributed by atoms with E-state index >= 15 is 0 Å². The molecule has 0 aliphatic heterocycles. The Hall–Kier alpha value is -1.20. The molecule has 0 N–H and O–H groups in total. The van der Waals surface area contributed by atoms with Gasteiger partial charge in [0.25, 0.3) is 0 Å². The average Bonchev–Trinajstić information content (AvgIpc) is 2.76. The lowest BCUT2D eigenvalue weighted by molar-refractivity contribution is -0.143. The van der Waals surface area contributed by atoms with Gasteiger partial charge in [0, 0.05) is 17.0 Å². The number of carbonyl (C=O) groups is 1. The maximum atomic E-state index is 11.3. The summed E-state index contributed by atoms with van der Waals surface area (Å²) in [5.74, 6) is -0.219. The van der Waals surface area contributed by atoms with Crippen LogP contribution in [0, 0.1) is 0 Å². The Balaban J connectivity index is 2.19. The largest absolute Gasteiger partial charge is 0.466 e. The van der Waals surface area contributed by atoms with Crippen molar-refractivity contribution in [3.05, 3.63) is 22.7 Å². The quantitative estimate of drug-likeness (QED) is 0.802. The number of carbonyl (C=O) groups excluding carboxylic acids is 1. The summed E-state index contributed by atoms with van der Waals surface area (Å²) in [6.45, 7) is 2.19. The molecule has 6 heteroatoms. The summed E-state index contributed by atoms with van der Waals surface area (Å²) < 4.78 is 13.2. The van der Waals surface area contributed by atoms with Gasteiger partial charge in [0.1, 0.15) is 11.0 Å². The summed E-state index contributed by atoms with van der Waals surface area (Å²) in [5, 5.41) is 0.620. The third kappa shape index (κ3) is 2.73. The zero-order valence-electron chi connectivity index (χ0n) is 9.27. The van der Waals surface area contributed by atoms with Crippen LogP contribution in [-0.2, 0) is 16.0 Å². The highest BCUT2D eigenvalue weighted by molar-refractivity contribution is 7.00. The third-order valence-corrected chi connectivity index (χ3v) is 3.26. The molecule has 0 radical (unpaired) electrons. The molecule has 0 bridgehead atoms. The lowest BCUT2D eigenvalue weighted by Crippen LogP contribution is -2.05. The molecule has 1 heterocycles. The summed E-state index contributed by atoms with van der Waals surface area (Å²) in [4.78, 5) is 11.3. The lowest BCUT2D eigenvalue weighted by atomic mass is 10.1. The fraction of sp³-hybridized carbons (Fsp3) is 0.364. The Labute approximate surface area is 108 Å².